The molecule has 2 amide bonds. The van der Waals surface area contributed by atoms with Crippen molar-refractivity contribution in [3.63, 3.8) is 0 Å². The maximum Gasteiger partial charge on any atom is 0.354 e. The molecule has 1 N–H and O–H groups in total. The molecule has 0 radical (unpaired) electrons. The Morgan fingerprint density at radius 1 is 1.21 bits per heavy atom. The number of nitrogens with zero attached hydrogens (tertiary/aromatic N) is 2. The van der Waals surface area contributed by atoms with E-state index in [-0.39, 0.29) is 31.1 Å². The summed E-state index contributed by atoms with van der Waals surface area (Å²) in [4.78, 5) is 39.1. The average molecular weight is 412 g/mol. The number of ether oxygens (including phenoxy) is 1. The number of halogens is 1. The van der Waals surface area contributed by atoms with E-state index in [1.54, 1.807) is 18.2 Å². The molecule has 7 nitrogen and oxygen atoms in total. The molecule has 2 heterocycles. The molecule has 0 aromatic heterocycles. The summed E-state index contributed by atoms with van der Waals surface area (Å²) < 4.78 is 5.28. The quantitative estimate of drug-likeness (QED) is 0.617. The Bertz CT molecular complexity index is 1040. The molecule has 1 fully saturated rings. The van der Waals surface area contributed by atoms with Crippen LogP contribution >= 0.6 is 11.6 Å². The highest BCUT2D eigenvalue weighted by molar-refractivity contribution is 6.39. The van der Waals surface area contributed by atoms with E-state index in [1.807, 2.05) is 37.3 Å². The summed E-state index contributed by atoms with van der Waals surface area (Å²) in [7, 11) is 0. The average Bonchev–Trinajstić information content (AvgIpc) is 3.24. The Kier molecular flexibility index (Phi) is 4.84. The van der Waals surface area contributed by atoms with E-state index >= 15 is 0 Å². The largest absolute Gasteiger partial charge is 0.456 e. The van der Waals surface area contributed by atoms with Gasteiger partial charge in [0, 0.05) is 11.4 Å². The van der Waals surface area contributed by atoms with Crippen molar-refractivity contribution < 1.29 is 19.1 Å². The van der Waals surface area contributed by atoms with Crippen LogP contribution in [-0.4, -0.2) is 29.0 Å². The molecule has 8 heteroatoms. The number of anilines is 1. The van der Waals surface area contributed by atoms with E-state index in [4.69, 9.17) is 16.3 Å². The number of hydrogen-bond donors (Lipinski definition) is 1. The van der Waals surface area contributed by atoms with Crippen molar-refractivity contribution in [1.82, 2.24) is 5.43 Å². The SMILES string of the molecule is Cc1ccc(N2C(=O)CC3(CC(C(=O)OCc4ccccc4)=NN3)C2=O)cc1Cl. The number of aryl methyl sites for hydroxylation is 1. The van der Waals surface area contributed by atoms with Gasteiger partial charge < -0.3 is 4.74 Å². The Balaban J connectivity index is 1.46. The lowest BCUT2D eigenvalue weighted by Crippen LogP contribution is -2.47. The van der Waals surface area contributed by atoms with Gasteiger partial charge in [-0.1, -0.05) is 48.0 Å². The van der Waals surface area contributed by atoms with Crippen LogP contribution in [0.4, 0.5) is 5.69 Å². The van der Waals surface area contributed by atoms with Gasteiger partial charge in [-0.2, -0.15) is 5.10 Å². The zero-order chi connectivity index (χ0) is 20.6. The number of amides is 2. The second-order valence-corrected chi connectivity index (χ2v) is 7.54. The Morgan fingerprint density at radius 3 is 2.69 bits per heavy atom. The summed E-state index contributed by atoms with van der Waals surface area (Å²) >= 11 is 6.14. The van der Waals surface area contributed by atoms with Crippen molar-refractivity contribution in [3.05, 3.63) is 64.7 Å². The molecule has 4 rings (SSSR count). The van der Waals surface area contributed by atoms with Gasteiger partial charge in [0.25, 0.3) is 5.91 Å². The van der Waals surface area contributed by atoms with Gasteiger partial charge in [-0.3, -0.25) is 15.0 Å². The molecule has 148 valence electrons. The van der Waals surface area contributed by atoms with Crippen LogP contribution in [0, 0.1) is 6.92 Å². The standard InChI is InChI=1S/C21H18ClN3O4/c1-13-7-8-15(9-16(13)22)25-18(26)11-21(20(25)28)10-17(23-24-21)19(27)29-12-14-5-3-2-4-6-14/h2-9,24H,10-12H2,1H3. The van der Waals surface area contributed by atoms with Crippen LogP contribution in [0.15, 0.2) is 53.6 Å². The molecule has 29 heavy (non-hydrogen) atoms. The summed E-state index contributed by atoms with van der Waals surface area (Å²) in [5.41, 5.74) is 3.61. The first kappa shape index (κ1) is 19.1. The highest BCUT2D eigenvalue weighted by Gasteiger charge is 2.56. The second-order valence-electron chi connectivity index (χ2n) is 7.14. The van der Waals surface area contributed by atoms with Crippen molar-refractivity contribution in [2.75, 3.05) is 4.90 Å². The minimum Gasteiger partial charge on any atom is -0.456 e. The number of carbonyl (C=O) groups excluding carboxylic acids is 3. The van der Waals surface area contributed by atoms with Crippen LogP contribution in [0.3, 0.4) is 0 Å². The number of hydrazone groups is 1. The van der Waals surface area contributed by atoms with Gasteiger partial charge in [-0.05, 0) is 30.2 Å². The highest BCUT2D eigenvalue weighted by Crippen LogP contribution is 2.36. The predicted molar refractivity (Wildman–Crippen MR) is 107 cm³/mol. The Labute approximate surface area is 172 Å². The molecule has 1 unspecified atom stereocenters. The minimum atomic E-state index is -1.27. The molecule has 2 aliphatic rings. The zero-order valence-corrected chi connectivity index (χ0v) is 16.4. The van der Waals surface area contributed by atoms with Gasteiger partial charge in [-0.25, -0.2) is 9.69 Å². The number of benzene rings is 2. The van der Waals surface area contributed by atoms with Gasteiger partial charge in [-0.15, -0.1) is 0 Å². The van der Waals surface area contributed by atoms with E-state index < -0.39 is 17.4 Å². The summed E-state index contributed by atoms with van der Waals surface area (Å²) in [5.74, 6) is -1.45. The molecule has 2 aliphatic heterocycles. The number of carbonyl (C=O) groups is 3. The van der Waals surface area contributed by atoms with Crippen LogP contribution in [0.5, 0.6) is 0 Å². The lowest BCUT2D eigenvalue weighted by molar-refractivity contribution is -0.136. The zero-order valence-electron chi connectivity index (χ0n) is 15.6. The van der Waals surface area contributed by atoms with Crippen molar-refractivity contribution in [2.24, 2.45) is 5.10 Å². The first-order valence-corrected chi connectivity index (χ1v) is 9.46. The number of nitrogens with one attached hydrogen (secondary N) is 1. The molecular weight excluding hydrogens is 394 g/mol. The van der Waals surface area contributed by atoms with E-state index in [0.717, 1.165) is 16.0 Å². The van der Waals surface area contributed by atoms with Gasteiger partial charge in [0.05, 0.1) is 12.1 Å². The lowest BCUT2D eigenvalue weighted by Gasteiger charge is -2.21. The Hall–Kier alpha value is -3.19. The first-order chi connectivity index (χ1) is 13.9. The van der Waals surface area contributed by atoms with Crippen LogP contribution in [0.25, 0.3) is 0 Å². The van der Waals surface area contributed by atoms with Crippen LogP contribution in [-0.2, 0) is 25.7 Å². The van der Waals surface area contributed by atoms with Crippen LogP contribution in [0.2, 0.25) is 5.02 Å². The summed E-state index contributed by atoms with van der Waals surface area (Å²) in [6.07, 6.45) is -0.114. The fraction of sp³-hybridized carbons (Fsp3) is 0.238. The van der Waals surface area contributed by atoms with E-state index in [0.29, 0.717) is 10.7 Å². The van der Waals surface area contributed by atoms with Crippen molar-refractivity contribution in [3.8, 4) is 0 Å². The van der Waals surface area contributed by atoms with Gasteiger partial charge in [0.2, 0.25) is 5.91 Å². The third-order valence-corrected chi connectivity index (χ3v) is 5.46. The maximum atomic E-state index is 13.1. The predicted octanol–water partition coefficient (Wildman–Crippen LogP) is 2.74. The fourth-order valence-electron chi connectivity index (χ4n) is 3.41. The first-order valence-electron chi connectivity index (χ1n) is 9.08. The van der Waals surface area contributed by atoms with E-state index in [9.17, 15) is 14.4 Å². The maximum absolute atomic E-state index is 13.1. The minimum absolute atomic E-state index is 0.0126. The molecule has 0 aliphatic carbocycles. The molecule has 1 saturated heterocycles. The summed E-state index contributed by atoms with van der Waals surface area (Å²) in [6, 6.07) is 14.2. The summed E-state index contributed by atoms with van der Waals surface area (Å²) in [5, 5.41) is 4.46. The van der Waals surface area contributed by atoms with E-state index in [2.05, 4.69) is 10.5 Å². The Morgan fingerprint density at radius 2 is 1.97 bits per heavy atom. The smallest absolute Gasteiger partial charge is 0.354 e. The van der Waals surface area contributed by atoms with Crippen molar-refractivity contribution >= 4 is 40.8 Å². The number of imide groups is 1. The van der Waals surface area contributed by atoms with Gasteiger partial charge >= 0.3 is 5.97 Å². The fourth-order valence-corrected chi connectivity index (χ4v) is 3.59. The molecule has 1 spiro atoms. The van der Waals surface area contributed by atoms with Gasteiger partial charge in [0.15, 0.2) is 0 Å². The third-order valence-electron chi connectivity index (χ3n) is 5.05. The molecule has 0 saturated carbocycles. The number of hydrogen-bond acceptors (Lipinski definition) is 6. The highest BCUT2D eigenvalue weighted by atomic mass is 35.5. The molecule has 1 atom stereocenters. The molecular formula is C21H18ClN3O4. The van der Waals surface area contributed by atoms with Crippen LogP contribution < -0.4 is 10.3 Å². The van der Waals surface area contributed by atoms with Crippen molar-refractivity contribution in [1.29, 1.82) is 0 Å². The van der Waals surface area contributed by atoms with Crippen molar-refractivity contribution in [2.45, 2.75) is 31.9 Å². The van der Waals surface area contributed by atoms with Crippen LogP contribution in [0.1, 0.15) is 24.0 Å². The topological polar surface area (TPSA) is 88.1 Å². The summed E-state index contributed by atoms with van der Waals surface area (Å²) in [6.45, 7) is 1.94. The molecule has 2 aromatic rings. The number of esters is 1. The van der Waals surface area contributed by atoms with E-state index in [1.165, 1.54) is 0 Å². The second kappa shape index (κ2) is 7.33. The monoisotopic (exact) mass is 411 g/mol. The third kappa shape index (κ3) is 3.49. The molecule has 0 bridgehead atoms. The van der Waals surface area contributed by atoms with Gasteiger partial charge in [0.1, 0.15) is 17.9 Å². The molecule has 2 aromatic carbocycles. The number of rotatable bonds is 4. The normalized spacial score (nSPS) is 20.8. The lowest BCUT2D eigenvalue weighted by atomic mass is 9.93.